The molecule has 0 saturated carbocycles. The average molecular weight is 397 g/mol. The van der Waals surface area contributed by atoms with Crippen molar-refractivity contribution in [2.24, 2.45) is 11.7 Å². The second-order valence-corrected chi connectivity index (χ2v) is 5.54. The highest BCUT2D eigenvalue weighted by Gasteiger charge is 2.18. The van der Waals surface area contributed by atoms with E-state index in [-0.39, 0.29) is 18.3 Å². The molecule has 0 aliphatic heterocycles. The van der Waals surface area contributed by atoms with Gasteiger partial charge in [-0.1, -0.05) is 13.8 Å². The third kappa shape index (κ3) is 6.89. The quantitative estimate of drug-likeness (QED) is 0.507. The molecule has 0 fully saturated rings. The standard InChI is InChI=1S/C15H19F3N4O3.ClH/c1-7(2)14(19)15(25)21-5-10(23)20-6-11(24)22-9-4-3-8(16)12(17)13(9)18;/h3-4,7,14H,5-6,19H2,1-2H3,(H,20,23)(H,21,25)(H,22,24);1H/t14-;/m0./s1. The van der Waals surface area contributed by atoms with Gasteiger partial charge >= 0.3 is 0 Å². The fourth-order valence-corrected chi connectivity index (χ4v) is 1.65. The lowest BCUT2D eigenvalue weighted by Gasteiger charge is -2.15. The molecule has 1 rings (SSSR count). The molecular weight excluding hydrogens is 377 g/mol. The van der Waals surface area contributed by atoms with Gasteiger partial charge in [-0.25, -0.2) is 13.2 Å². The van der Waals surface area contributed by atoms with Gasteiger partial charge < -0.3 is 21.7 Å². The lowest BCUT2D eigenvalue weighted by atomic mass is 10.1. The molecule has 11 heteroatoms. The minimum Gasteiger partial charge on any atom is -0.346 e. The third-order valence-electron chi connectivity index (χ3n) is 3.20. The molecule has 0 heterocycles. The first-order valence-electron chi connectivity index (χ1n) is 7.36. The summed E-state index contributed by atoms with van der Waals surface area (Å²) in [6.45, 7) is 2.54. The van der Waals surface area contributed by atoms with E-state index in [4.69, 9.17) is 5.73 Å². The molecule has 0 saturated heterocycles. The fraction of sp³-hybridized carbons (Fsp3) is 0.400. The Morgan fingerprint density at radius 3 is 2.15 bits per heavy atom. The van der Waals surface area contributed by atoms with Crippen LogP contribution in [0.3, 0.4) is 0 Å². The van der Waals surface area contributed by atoms with Gasteiger partial charge in [0.05, 0.1) is 24.8 Å². The normalized spacial score (nSPS) is 11.3. The maximum Gasteiger partial charge on any atom is 0.243 e. The molecule has 26 heavy (non-hydrogen) atoms. The molecule has 0 bridgehead atoms. The predicted octanol–water partition coefficient (Wildman–Crippen LogP) is 0.680. The molecule has 5 N–H and O–H groups in total. The van der Waals surface area contributed by atoms with E-state index in [2.05, 4.69) is 10.6 Å². The van der Waals surface area contributed by atoms with Gasteiger partial charge in [0.1, 0.15) is 0 Å². The summed E-state index contributed by atoms with van der Waals surface area (Å²) in [5.41, 5.74) is 5.03. The van der Waals surface area contributed by atoms with Crippen LogP contribution in [0.25, 0.3) is 0 Å². The second kappa shape index (κ2) is 10.6. The van der Waals surface area contributed by atoms with Crippen molar-refractivity contribution in [2.75, 3.05) is 18.4 Å². The van der Waals surface area contributed by atoms with E-state index >= 15 is 0 Å². The van der Waals surface area contributed by atoms with Gasteiger partial charge in [0.15, 0.2) is 17.5 Å². The van der Waals surface area contributed by atoms with Crippen molar-refractivity contribution in [3.8, 4) is 0 Å². The van der Waals surface area contributed by atoms with Crippen molar-refractivity contribution >= 4 is 35.8 Å². The number of carbonyl (C=O) groups is 3. The molecule has 0 aliphatic carbocycles. The highest BCUT2D eigenvalue weighted by molar-refractivity contribution is 5.95. The number of halogens is 4. The lowest BCUT2D eigenvalue weighted by Crippen LogP contribution is -2.47. The summed E-state index contributed by atoms with van der Waals surface area (Å²) >= 11 is 0. The Labute approximate surface area is 154 Å². The minimum absolute atomic E-state index is 0. The van der Waals surface area contributed by atoms with E-state index in [0.29, 0.717) is 6.07 Å². The third-order valence-corrected chi connectivity index (χ3v) is 3.20. The van der Waals surface area contributed by atoms with E-state index in [0.717, 1.165) is 6.07 Å². The zero-order chi connectivity index (χ0) is 19.1. The first-order chi connectivity index (χ1) is 11.6. The van der Waals surface area contributed by atoms with Gasteiger partial charge in [-0.05, 0) is 18.1 Å². The first kappa shape index (κ1) is 23.7. The van der Waals surface area contributed by atoms with Crippen LogP contribution >= 0.6 is 12.4 Å². The first-order valence-corrected chi connectivity index (χ1v) is 7.36. The minimum atomic E-state index is -1.72. The molecule has 3 amide bonds. The monoisotopic (exact) mass is 396 g/mol. The van der Waals surface area contributed by atoms with Gasteiger partial charge in [-0.3, -0.25) is 14.4 Å². The molecule has 146 valence electrons. The number of carbonyl (C=O) groups excluding carboxylic acids is 3. The van der Waals surface area contributed by atoms with Crippen molar-refractivity contribution in [1.29, 1.82) is 0 Å². The maximum absolute atomic E-state index is 13.4. The van der Waals surface area contributed by atoms with Gasteiger partial charge in [-0.15, -0.1) is 12.4 Å². The van der Waals surface area contributed by atoms with Crippen molar-refractivity contribution in [3.63, 3.8) is 0 Å². The summed E-state index contributed by atoms with van der Waals surface area (Å²) in [5, 5.41) is 6.46. The van der Waals surface area contributed by atoms with Crippen LogP contribution in [0.15, 0.2) is 12.1 Å². The van der Waals surface area contributed by atoms with Crippen LogP contribution in [0.1, 0.15) is 13.8 Å². The Kier molecular flexibility index (Phi) is 9.66. The van der Waals surface area contributed by atoms with E-state index in [1.165, 1.54) is 0 Å². The van der Waals surface area contributed by atoms with Gasteiger partial charge in [0, 0.05) is 0 Å². The van der Waals surface area contributed by atoms with Crippen molar-refractivity contribution in [3.05, 3.63) is 29.6 Å². The zero-order valence-corrected chi connectivity index (χ0v) is 14.9. The number of benzene rings is 1. The highest BCUT2D eigenvalue weighted by atomic mass is 35.5. The number of rotatable bonds is 7. The summed E-state index contributed by atoms with van der Waals surface area (Å²) in [7, 11) is 0. The summed E-state index contributed by atoms with van der Waals surface area (Å²) < 4.78 is 39.2. The molecule has 0 radical (unpaired) electrons. The average Bonchev–Trinajstić information content (AvgIpc) is 2.57. The van der Waals surface area contributed by atoms with Crippen LogP contribution in [-0.4, -0.2) is 36.9 Å². The predicted molar refractivity (Wildman–Crippen MR) is 91.0 cm³/mol. The lowest BCUT2D eigenvalue weighted by molar-refractivity contribution is -0.127. The number of hydrogen-bond donors (Lipinski definition) is 4. The number of nitrogens with two attached hydrogens (primary N) is 1. The summed E-state index contributed by atoms with van der Waals surface area (Å²) in [4.78, 5) is 34.7. The molecule has 0 aliphatic rings. The van der Waals surface area contributed by atoms with E-state index < -0.39 is 60.0 Å². The van der Waals surface area contributed by atoms with E-state index in [1.54, 1.807) is 13.8 Å². The van der Waals surface area contributed by atoms with Crippen LogP contribution in [-0.2, 0) is 14.4 Å². The van der Waals surface area contributed by atoms with Crippen LogP contribution in [0.5, 0.6) is 0 Å². The Morgan fingerprint density at radius 2 is 1.58 bits per heavy atom. The van der Waals surface area contributed by atoms with Gasteiger partial charge in [0.2, 0.25) is 17.7 Å². The molecule has 1 atom stereocenters. The van der Waals surface area contributed by atoms with Crippen LogP contribution < -0.4 is 21.7 Å². The maximum atomic E-state index is 13.4. The topological polar surface area (TPSA) is 113 Å². The van der Waals surface area contributed by atoms with Crippen molar-refractivity contribution < 1.29 is 27.6 Å². The van der Waals surface area contributed by atoms with Crippen molar-refractivity contribution in [2.45, 2.75) is 19.9 Å². The Hall–Kier alpha value is -2.33. The highest BCUT2D eigenvalue weighted by Crippen LogP contribution is 2.19. The molecule has 0 aromatic heterocycles. The van der Waals surface area contributed by atoms with Crippen LogP contribution in [0.4, 0.5) is 18.9 Å². The SMILES string of the molecule is CC(C)[C@H](N)C(=O)NCC(=O)NCC(=O)Nc1ccc(F)c(F)c1F.Cl. The Bertz CT molecular complexity index is 674. The largest absolute Gasteiger partial charge is 0.346 e. The second-order valence-electron chi connectivity index (χ2n) is 5.54. The summed E-state index contributed by atoms with van der Waals surface area (Å²) in [6, 6.07) is 0.730. The molecule has 1 aromatic carbocycles. The van der Waals surface area contributed by atoms with Crippen LogP contribution in [0, 0.1) is 23.4 Å². The van der Waals surface area contributed by atoms with Gasteiger partial charge in [-0.2, -0.15) is 0 Å². The fourth-order valence-electron chi connectivity index (χ4n) is 1.65. The molecule has 7 nitrogen and oxygen atoms in total. The van der Waals surface area contributed by atoms with Gasteiger partial charge in [0.25, 0.3) is 0 Å². The zero-order valence-electron chi connectivity index (χ0n) is 14.1. The molecule has 0 unspecified atom stereocenters. The number of nitrogens with one attached hydrogen (secondary N) is 3. The number of amides is 3. The Morgan fingerprint density at radius 1 is 1.00 bits per heavy atom. The Balaban J connectivity index is 0.00000625. The molecular formula is C15H20ClF3N4O3. The summed E-state index contributed by atoms with van der Waals surface area (Å²) in [6.07, 6.45) is 0. The van der Waals surface area contributed by atoms with Crippen LogP contribution in [0.2, 0.25) is 0 Å². The van der Waals surface area contributed by atoms with E-state index in [9.17, 15) is 27.6 Å². The number of hydrogen-bond acceptors (Lipinski definition) is 4. The van der Waals surface area contributed by atoms with Crippen molar-refractivity contribution in [1.82, 2.24) is 10.6 Å². The smallest absolute Gasteiger partial charge is 0.243 e. The molecule has 1 aromatic rings. The number of anilines is 1. The van der Waals surface area contributed by atoms with E-state index in [1.807, 2.05) is 5.32 Å². The molecule has 0 spiro atoms. The summed E-state index contributed by atoms with van der Waals surface area (Å²) in [5.74, 6) is -6.81.